The number of rotatable bonds is 8. The van der Waals surface area contributed by atoms with Gasteiger partial charge in [-0.2, -0.15) is 0 Å². The third-order valence-corrected chi connectivity index (χ3v) is 9.01. The molecule has 39 heavy (non-hydrogen) atoms. The highest BCUT2D eigenvalue weighted by molar-refractivity contribution is 7.93. The fourth-order valence-electron chi connectivity index (χ4n) is 4.03. The number of fused-ring (bicyclic) bond motifs is 1. The van der Waals surface area contributed by atoms with Gasteiger partial charge >= 0.3 is 0 Å². The Morgan fingerprint density at radius 2 is 1.18 bits per heavy atom. The van der Waals surface area contributed by atoms with Crippen LogP contribution in [-0.4, -0.2) is 27.7 Å². The number of anilines is 2. The first-order valence-electron chi connectivity index (χ1n) is 11.3. The zero-order valence-corrected chi connectivity index (χ0v) is 23.7. The van der Waals surface area contributed by atoms with Crippen LogP contribution in [0.15, 0.2) is 94.4 Å². The minimum atomic E-state index is -4.20. The van der Waals surface area contributed by atoms with E-state index in [1.54, 1.807) is 24.3 Å². The van der Waals surface area contributed by atoms with Crippen LogP contribution in [0.2, 0.25) is 10.0 Å². The quantitative estimate of drug-likeness (QED) is 0.153. The Hall–Kier alpha value is -3.57. The molecule has 202 valence electrons. The molecular weight excluding hydrogens is 583 g/mol. The Bertz CT molecular complexity index is 1830. The maximum atomic E-state index is 13.4. The molecule has 4 aromatic rings. The minimum Gasteiger partial charge on any atom is -0.512 e. The Balaban J connectivity index is 1.98. The third-order valence-electron chi connectivity index (χ3n) is 5.76. The second-order valence-corrected chi connectivity index (χ2v) is 12.8. The third kappa shape index (κ3) is 6.04. The van der Waals surface area contributed by atoms with E-state index in [1.807, 2.05) is 0 Å². The van der Waals surface area contributed by atoms with Gasteiger partial charge in [0.2, 0.25) is 0 Å². The van der Waals surface area contributed by atoms with Crippen LogP contribution in [0.4, 0.5) is 11.4 Å². The molecule has 0 spiro atoms. The molecule has 0 bridgehead atoms. The molecule has 0 aliphatic rings. The number of nitrogens with one attached hydrogen (secondary N) is 2. The summed E-state index contributed by atoms with van der Waals surface area (Å²) in [6.07, 6.45) is 0. The van der Waals surface area contributed by atoms with Crippen LogP contribution in [0, 0.1) is 0 Å². The van der Waals surface area contributed by atoms with E-state index in [0.717, 1.165) is 0 Å². The highest BCUT2D eigenvalue weighted by atomic mass is 35.5. The van der Waals surface area contributed by atoms with Crippen molar-refractivity contribution in [2.45, 2.75) is 23.6 Å². The fraction of sp³-hybridized carbons (Fsp3) is 0.0741. The largest absolute Gasteiger partial charge is 0.512 e. The van der Waals surface area contributed by atoms with Crippen LogP contribution >= 0.6 is 23.2 Å². The van der Waals surface area contributed by atoms with Gasteiger partial charge < -0.3 is 5.11 Å². The lowest BCUT2D eigenvalue weighted by Crippen LogP contribution is -2.17. The van der Waals surface area contributed by atoms with E-state index in [1.165, 1.54) is 68.4 Å². The van der Waals surface area contributed by atoms with Crippen LogP contribution in [0.1, 0.15) is 19.4 Å². The van der Waals surface area contributed by atoms with Gasteiger partial charge in [0.1, 0.15) is 5.76 Å². The number of hydrogen-bond donors (Lipinski definition) is 3. The van der Waals surface area contributed by atoms with Gasteiger partial charge in [-0.05, 0) is 68.4 Å². The lowest BCUT2D eigenvalue weighted by atomic mass is 9.94. The predicted octanol–water partition coefficient (Wildman–Crippen LogP) is 6.63. The average molecular weight is 606 g/mol. The van der Waals surface area contributed by atoms with Gasteiger partial charge in [0.25, 0.3) is 20.0 Å². The van der Waals surface area contributed by atoms with Gasteiger partial charge in [0, 0.05) is 26.4 Å². The summed E-state index contributed by atoms with van der Waals surface area (Å²) in [6.45, 7) is 2.49. The topological polar surface area (TPSA) is 130 Å². The van der Waals surface area contributed by atoms with Crippen molar-refractivity contribution in [3.63, 3.8) is 0 Å². The van der Waals surface area contributed by atoms with Crippen molar-refractivity contribution in [1.82, 2.24) is 0 Å². The zero-order chi connectivity index (χ0) is 28.5. The summed E-state index contributed by atoms with van der Waals surface area (Å²) in [5, 5.41) is 11.7. The number of carbonyl (C=O) groups excluding carboxylic acids is 1. The summed E-state index contributed by atoms with van der Waals surface area (Å²) < 4.78 is 58.2. The minimum absolute atomic E-state index is 0.0198. The Kier molecular flexibility index (Phi) is 7.94. The summed E-state index contributed by atoms with van der Waals surface area (Å²) in [4.78, 5) is 12.5. The highest BCUT2D eigenvalue weighted by Gasteiger charge is 2.26. The van der Waals surface area contributed by atoms with E-state index in [4.69, 9.17) is 23.2 Å². The molecule has 0 heterocycles. The SMILES string of the molecule is CC(=O)/C(=C(\C)O)c1cc(NS(=O)(=O)c2ccc(Cl)cc2)c2ccccc2c1NS(=O)(=O)c1ccc(Cl)cc1. The van der Waals surface area contributed by atoms with Crippen molar-refractivity contribution < 1.29 is 26.7 Å². The van der Waals surface area contributed by atoms with Crippen molar-refractivity contribution in [3.8, 4) is 0 Å². The molecule has 0 aliphatic carbocycles. The molecule has 0 aromatic heterocycles. The summed E-state index contributed by atoms with van der Waals surface area (Å²) in [5.74, 6) is -0.944. The Morgan fingerprint density at radius 3 is 1.64 bits per heavy atom. The van der Waals surface area contributed by atoms with Gasteiger partial charge in [-0.1, -0.05) is 47.5 Å². The molecule has 0 saturated carbocycles. The number of aliphatic hydroxyl groups is 1. The first kappa shape index (κ1) is 28.4. The molecule has 0 radical (unpaired) electrons. The predicted molar refractivity (Wildman–Crippen MR) is 154 cm³/mol. The number of aliphatic hydroxyl groups excluding tert-OH is 1. The molecule has 0 aliphatic heterocycles. The number of benzene rings is 4. The molecule has 0 saturated heterocycles. The van der Waals surface area contributed by atoms with Crippen molar-refractivity contribution >= 4 is 76.8 Å². The highest BCUT2D eigenvalue weighted by Crippen LogP contribution is 2.40. The van der Waals surface area contributed by atoms with Gasteiger partial charge in [-0.25, -0.2) is 16.8 Å². The summed E-state index contributed by atoms with van der Waals surface area (Å²) >= 11 is 11.8. The van der Waals surface area contributed by atoms with Gasteiger partial charge in [0.05, 0.1) is 26.7 Å². The molecule has 4 rings (SSSR count). The zero-order valence-electron chi connectivity index (χ0n) is 20.6. The molecule has 8 nitrogen and oxygen atoms in total. The number of allylic oxidation sites excluding steroid dienone is 2. The van der Waals surface area contributed by atoms with Crippen molar-refractivity contribution in [2.24, 2.45) is 0 Å². The van der Waals surface area contributed by atoms with Crippen molar-refractivity contribution in [2.75, 3.05) is 9.44 Å². The molecule has 0 unspecified atom stereocenters. The van der Waals surface area contributed by atoms with Crippen LogP contribution in [0.3, 0.4) is 0 Å². The fourth-order valence-corrected chi connectivity index (χ4v) is 6.45. The molecule has 0 amide bonds. The van der Waals surface area contributed by atoms with Gasteiger partial charge in [-0.15, -0.1) is 0 Å². The number of hydrogen-bond acceptors (Lipinski definition) is 6. The van der Waals surface area contributed by atoms with E-state index in [-0.39, 0.29) is 43.4 Å². The standard InChI is InChI=1S/C27H22Cl2N2O6S2/c1-16(32)26(17(2)33)24-15-25(30-38(34,35)20-11-7-18(28)8-12-20)22-5-3-4-6-23(22)27(24)31-39(36,37)21-13-9-19(29)10-14-21/h3-15,30-32H,1-2H3/b26-16-. The maximum Gasteiger partial charge on any atom is 0.261 e. The summed E-state index contributed by atoms with van der Waals surface area (Å²) in [5.41, 5.74) is -0.173. The molecule has 0 atom stereocenters. The molecule has 0 fully saturated rings. The molecule has 4 aromatic carbocycles. The Morgan fingerprint density at radius 1 is 0.718 bits per heavy atom. The van der Waals surface area contributed by atoms with E-state index in [0.29, 0.717) is 15.4 Å². The van der Waals surface area contributed by atoms with E-state index in [9.17, 15) is 26.7 Å². The maximum absolute atomic E-state index is 13.4. The first-order valence-corrected chi connectivity index (χ1v) is 15.1. The number of sulfonamides is 2. The normalized spacial score (nSPS) is 12.6. The van der Waals surface area contributed by atoms with Crippen LogP contribution in [-0.2, 0) is 24.8 Å². The lowest BCUT2D eigenvalue weighted by Gasteiger charge is -2.20. The number of carbonyl (C=O) groups is 1. The molecule has 3 N–H and O–H groups in total. The monoisotopic (exact) mass is 604 g/mol. The number of Topliss-reactive ketones (excluding diaryl/α,β-unsaturated/α-hetero) is 1. The molecular formula is C27H22Cl2N2O6S2. The van der Waals surface area contributed by atoms with Crippen molar-refractivity contribution in [1.29, 1.82) is 0 Å². The number of ketones is 1. The smallest absolute Gasteiger partial charge is 0.261 e. The van der Waals surface area contributed by atoms with Crippen LogP contribution in [0.5, 0.6) is 0 Å². The molecule has 12 heteroatoms. The summed E-state index contributed by atoms with van der Waals surface area (Å²) in [6, 6.07) is 18.8. The average Bonchev–Trinajstić information content (AvgIpc) is 2.86. The lowest BCUT2D eigenvalue weighted by molar-refractivity contribution is -0.111. The van der Waals surface area contributed by atoms with E-state index < -0.39 is 25.8 Å². The Labute approximate surface area is 236 Å². The summed E-state index contributed by atoms with van der Waals surface area (Å²) in [7, 11) is -8.32. The van der Waals surface area contributed by atoms with Gasteiger partial charge in [0.15, 0.2) is 5.78 Å². The second-order valence-electron chi connectivity index (χ2n) is 8.53. The second kappa shape index (κ2) is 10.9. The first-order chi connectivity index (χ1) is 18.3. The van der Waals surface area contributed by atoms with Gasteiger partial charge in [-0.3, -0.25) is 14.2 Å². The van der Waals surface area contributed by atoms with Crippen LogP contribution < -0.4 is 9.44 Å². The van der Waals surface area contributed by atoms with E-state index >= 15 is 0 Å². The van der Waals surface area contributed by atoms with Crippen LogP contribution in [0.25, 0.3) is 16.3 Å². The number of halogens is 2. The van der Waals surface area contributed by atoms with E-state index in [2.05, 4.69) is 9.44 Å². The van der Waals surface area contributed by atoms with Crippen molar-refractivity contribution in [3.05, 3.63) is 100 Å².